The van der Waals surface area contributed by atoms with Gasteiger partial charge in [0.1, 0.15) is 11.5 Å². The minimum Gasteiger partial charge on any atom is -0.292 e. The van der Waals surface area contributed by atoms with Crippen molar-refractivity contribution in [2.45, 2.75) is 6.42 Å². The molecule has 0 aliphatic heterocycles. The van der Waals surface area contributed by atoms with Crippen molar-refractivity contribution in [1.29, 1.82) is 0 Å². The van der Waals surface area contributed by atoms with Gasteiger partial charge < -0.3 is 0 Å². The number of Topliss-reactive ketones (excluding diaryl/α,β-unsaturated/α-hetero) is 1. The van der Waals surface area contributed by atoms with E-state index in [9.17, 15) is 9.18 Å². The van der Waals surface area contributed by atoms with Crippen LogP contribution in [0.2, 0.25) is 5.02 Å². The SMILES string of the molecule is O=C(Cc1cccc(F)c1)c1ncccc1Cl. The average Bonchev–Trinajstić information content (AvgIpc) is 2.29. The van der Waals surface area contributed by atoms with Gasteiger partial charge in [-0.25, -0.2) is 4.39 Å². The Bertz CT molecular complexity index is 557. The van der Waals surface area contributed by atoms with Crippen LogP contribution < -0.4 is 0 Å². The molecule has 0 aliphatic rings. The Balaban J connectivity index is 2.20. The van der Waals surface area contributed by atoms with Crippen LogP contribution >= 0.6 is 11.6 Å². The van der Waals surface area contributed by atoms with Crippen LogP contribution in [0.25, 0.3) is 0 Å². The average molecular weight is 250 g/mol. The van der Waals surface area contributed by atoms with E-state index in [1.165, 1.54) is 18.3 Å². The van der Waals surface area contributed by atoms with Crippen LogP contribution in [0.15, 0.2) is 42.6 Å². The first-order valence-corrected chi connectivity index (χ1v) is 5.43. The molecule has 0 aliphatic carbocycles. The second-order valence-corrected chi connectivity index (χ2v) is 3.97. The van der Waals surface area contributed by atoms with Gasteiger partial charge >= 0.3 is 0 Å². The van der Waals surface area contributed by atoms with E-state index in [0.717, 1.165) is 0 Å². The van der Waals surface area contributed by atoms with Crippen LogP contribution in [0.1, 0.15) is 16.1 Å². The largest absolute Gasteiger partial charge is 0.292 e. The standard InChI is InChI=1S/C13H9ClFNO/c14-11-5-2-6-16-13(11)12(17)8-9-3-1-4-10(15)7-9/h1-7H,8H2. The summed E-state index contributed by atoms with van der Waals surface area (Å²) in [5, 5.41) is 0.314. The Morgan fingerprint density at radius 2 is 2.12 bits per heavy atom. The molecule has 0 N–H and O–H groups in total. The fraction of sp³-hybridized carbons (Fsp3) is 0.0769. The van der Waals surface area contributed by atoms with Gasteiger partial charge in [0.2, 0.25) is 0 Å². The van der Waals surface area contributed by atoms with Gasteiger partial charge in [-0.15, -0.1) is 0 Å². The lowest BCUT2D eigenvalue weighted by molar-refractivity contribution is 0.0988. The molecule has 1 aromatic heterocycles. The molecule has 0 fully saturated rings. The van der Waals surface area contributed by atoms with E-state index in [0.29, 0.717) is 10.6 Å². The topological polar surface area (TPSA) is 30.0 Å². The minimum atomic E-state index is -0.359. The molecule has 0 radical (unpaired) electrons. The first-order chi connectivity index (χ1) is 8.16. The van der Waals surface area contributed by atoms with Crippen LogP contribution in [0.3, 0.4) is 0 Å². The number of ketones is 1. The number of aromatic nitrogens is 1. The minimum absolute atomic E-state index is 0.0918. The summed E-state index contributed by atoms with van der Waals surface area (Å²) in [5.74, 6) is -0.580. The monoisotopic (exact) mass is 249 g/mol. The van der Waals surface area contributed by atoms with Crippen molar-refractivity contribution in [1.82, 2.24) is 4.98 Å². The summed E-state index contributed by atoms with van der Waals surface area (Å²) in [6.07, 6.45) is 1.60. The summed E-state index contributed by atoms with van der Waals surface area (Å²) >= 11 is 5.86. The Kier molecular flexibility index (Phi) is 3.49. The molecule has 0 saturated heterocycles. The summed E-state index contributed by atoms with van der Waals surface area (Å²) in [6, 6.07) is 9.18. The number of rotatable bonds is 3. The van der Waals surface area contributed by atoms with E-state index in [-0.39, 0.29) is 23.7 Å². The van der Waals surface area contributed by atoms with E-state index in [1.807, 2.05) is 0 Å². The Hall–Kier alpha value is -1.74. The van der Waals surface area contributed by atoms with Crippen molar-refractivity contribution in [3.05, 3.63) is 64.7 Å². The van der Waals surface area contributed by atoms with E-state index < -0.39 is 0 Å². The summed E-state index contributed by atoms with van der Waals surface area (Å²) in [7, 11) is 0. The molecule has 0 spiro atoms. The smallest absolute Gasteiger partial charge is 0.187 e. The van der Waals surface area contributed by atoms with E-state index in [1.54, 1.807) is 24.3 Å². The molecule has 0 bridgehead atoms. The predicted octanol–water partition coefficient (Wildman–Crippen LogP) is 3.30. The fourth-order valence-corrected chi connectivity index (χ4v) is 1.73. The molecule has 2 rings (SSSR count). The first kappa shape index (κ1) is 11.7. The molecule has 86 valence electrons. The lowest BCUT2D eigenvalue weighted by atomic mass is 10.1. The second-order valence-electron chi connectivity index (χ2n) is 3.56. The van der Waals surface area contributed by atoms with Gasteiger partial charge in [-0.2, -0.15) is 0 Å². The van der Waals surface area contributed by atoms with Gasteiger partial charge in [0, 0.05) is 12.6 Å². The second kappa shape index (κ2) is 5.06. The van der Waals surface area contributed by atoms with Crippen molar-refractivity contribution in [3.8, 4) is 0 Å². The number of hydrogen-bond donors (Lipinski definition) is 0. The zero-order valence-electron chi connectivity index (χ0n) is 8.86. The third kappa shape index (κ3) is 2.88. The number of benzene rings is 1. The molecule has 2 nitrogen and oxygen atoms in total. The summed E-state index contributed by atoms with van der Waals surface area (Å²) in [4.78, 5) is 15.8. The molecular formula is C13H9ClFNO. The normalized spacial score (nSPS) is 10.2. The van der Waals surface area contributed by atoms with E-state index in [4.69, 9.17) is 11.6 Å². The zero-order chi connectivity index (χ0) is 12.3. The third-order valence-corrected chi connectivity index (χ3v) is 2.58. The number of nitrogens with zero attached hydrogens (tertiary/aromatic N) is 1. The lowest BCUT2D eigenvalue weighted by Gasteiger charge is -2.02. The number of carbonyl (C=O) groups excluding carboxylic acids is 1. The Morgan fingerprint density at radius 3 is 2.82 bits per heavy atom. The van der Waals surface area contributed by atoms with Crippen molar-refractivity contribution < 1.29 is 9.18 Å². The van der Waals surface area contributed by atoms with Crippen molar-refractivity contribution in [2.75, 3.05) is 0 Å². The van der Waals surface area contributed by atoms with Crippen molar-refractivity contribution in [2.24, 2.45) is 0 Å². The van der Waals surface area contributed by atoms with Gasteiger partial charge in [-0.05, 0) is 29.8 Å². The maximum atomic E-state index is 12.9. The summed E-state index contributed by atoms with van der Waals surface area (Å²) < 4.78 is 12.9. The lowest BCUT2D eigenvalue weighted by Crippen LogP contribution is -2.06. The highest BCUT2D eigenvalue weighted by Gasteiger charge is 2.12. The molecule has 0 saturated carbocycles. The maximum Gasteiger partial charge on any atom is 0.187 e. The molecule has 4 heteroatoms. The maximum absolute atomic E-state index is 12.9. The molecule has 1 aromatic carbocycles. The number of hydrogen-bond acceptors (Lipinski definition) is 2. The quantitative estimate of drug-likeness (QED) is 0.782. The highest BCUT2D eigenvalue weighted by atomic mass is 35.5. The molecule has 17 heavy (non-hydrogen) atoms. The molecule has 0 unspecified atom stereocenters. The van der Waals surface area contributed by atoms with Crippen molar-refractivity contribution >= 4 is 17.4 Å². The van der Waals surface area contributed by atoms with Crippen LogP contribution in [0, 0.1) is 5.82 Å². The van der Waals surface area contributed by atoms with Crippen molar-refractivity contribution in [3.63, 3.8) is 0 Å². The third-order valence-electron chi connectivity index (χ3n) is 2.28. The zero-order valence-corrected chi connectivity index (χ0v) is 9.62. The number of carbonyl (C=O) groups is 1. The van der Waals surface area contributed by atoms with Crippen LogP contribution in [0.4, 0.5) is 4.39 Å². The molecule has 0 atom stereocenters. The molecule has 0 amide bonds. The summed E-state index contributed by atoms with van der Waals surface area (Å²) in [5.41, 5.74) is 0.829. The predicted molar refractivity (Wildman–Crippen MR) is 63.7 cm³/mol. The van der Waals surface area contributed by atoms with Crippen LogP contribution in [-0.2, 0) is 6.42 Å². The Morgan fingerprint density at radius 1 is 1.29 bits per heavy atom. The number of halogens is 2. The summed E-state index contributed by atoms with van der Waals surface area (Å²) in [6.45, 7) is 0. The molecular weight excluding hydrogens is 241 g/mol. The number of pyridine rings is 1. The van der Waals surface area contributed by atoms with E-state index >= 15 is 0 Å². The van der Waals surface area contributed by atoms with Gasteiger partial charge in [0.25, 0.3) is 0 Å². The van der Waals surface area contributed by atoms with Gasteiger partial charge in [0.15, 0.2) is 5.78 Å². The highest BCUT2D eigenvalue weighted by molar-refractivity contribution is 6.33. The first-order valence-electron chi connectivity index (χ1n) is 5.05. The van der Waals surface area contributed by atoms with Gasteiger partial charge in [-0.3, -0.25) is 9.78 Å². The van der Waals surface area contributed by atoms with Crippen LogP contribution in [0.5, 0.6) is 0 Å². The molecule has 2 aromatic rings. The van der Waals surface area contributed by atoms with E-state index in [2.05, 4.69) is 4.98 Å². The van der Waals surface area contributed by atoms with Gasteiger partial charge in [0.05, 0.1) is 5.02 Å². The molecule has 1 heterocycles. The Labute approximate surface area is 103 Å². The fourth-order valence-electron chi connectivity index (χ4n) is 1.51. The van der Waals surface area contributed by atoms with Gasteiger partial charge in [-0.1, -0.05) is 23.7 Å². The van der Waals surface area contributed by atoms with Crippen LogP contribution in [-0.4, -0.2) is 10.8 Å². The highest BCUT2D eigenvalue weighted by Crippen LogP contribution is 2.15.